The quantitative estimate of drug-likeness (QED) is 0.833. The van der Waals surface area contributed by atoms with Crippen LogP contribution in [0, 0.1) is 11.3 Å². The third-order valence-electron chi connectivity index (χ3n) is 6.25. The van der Waals surface area contributed by atoms with Crippen LogP contribution < -0.4 is 16.4 Å². The van der Waals surface area contributed by atoms with E-state index in [4.69, 9.17) is 11.5 Å². The Balaban J connectivity index is 1.58. The van der Waals surface area contributed by atoms with Gasteiger partial charge in [0.25, 0.3) is 0 Å². The topological polar surface area (TPSA) is 72.4 Å². The molecule has 1 aliphatic heterocycles. The van der Waals surface area contributed by atoms with Crippen LogP contribution in [-0.2, 0) is 4.79 Å². The predicted octanol–water partition coefficient (Wildman–Crippen LogP) is 3.29. The molecule has 4 heteroatoms. The minimum absolute atomic E-state index is 0.0635. The molecule has 1 unspecified atom stereocenters. The highest BCUT2D eigenvalue weighted by Crippen LogP contribution is 2.51. The van der Waals surface area contributed by atoms with Gasteiger partial charge >= 0.3 is 0 Å². The fraction of sp³-hybridized carbons (Fsp3) is 0.450. The van der Waals surface area contributed by atoms with Gasteiger partial charge < -0.3 is 16.4 Å². The molecule has 2 fully saturated rings. The van der Waals surface area contributed by atoms with Crippen molar-refractivity contribution < 1.29 is 4.79 Å². The number of fused-ring (bicyclic) bond motifs is 1. The lowest BCUT2D eigenvalue weighted by Crippen LogP contribution is -2.45. The lowest BCUT2D eigenvalue weighted by atomic mass is 9.70. The largest absolute Gasteiger partial charge is 0.397 e. The molecule has 1 atom stereocenters. The van der Waals surface area contributed by atoms with Crippen LogP contribution in [-0.4, -0.2) is 19.0 Å². The average molecular weight is 323 g/mol. The van der Waals surface area contributed by atoms with E-state index >= 15 is 0 Å². The van der Waals surface area contributed by atoms with Crippen molar-refractivity contribution in [3.63, 3.8) is 0 Å². The number of primary amides is 1. The van der Waals surface area contributed by atoms with Crippen LogP contribution in [0.1, 0.15) is 32.1 Å². The number of anilines is 2. The maximum atomic E-state index is 11.8. The summed E-state index contributed by atoms with van der Waals surface area (Å²) in [5.74, 6) is -0.0419. The number of rotatable bonds is 2. The molecular weight excluding hydrogens is 298 g/mol. The first kappa shape index (κ1) is 15.3. The van der Waals surface area contributed by atoms with Crippen LogP contribution in [0.2, 0.25) is 0 Å². The second-order valence-electron chi connectivity index (χ2n) is 7.45. The number of nitrogens with two attached hydrogens (primary N) is 2. The fourth-order valence-corrected chi connectivity index (χ4v) is 4.89. The molecule has 1 amide bonds. The number of carbonyl (C=O) groups excluding carboxylic acids is 1. The van der Waals surface area contributed by atoms with Crippen molar-refractivity contribution in [3.8, 4) is 0 Å². The number of hydrogen-bond acceptors (Lipinski definition) is 3. The van der Waals surface area contributed by atoms with Crippen molar-refractivity contribution in [2.45, 2.75) is 32.1 Å². The first-order valence-electron chi connectivity index (χ1n) is 8.92. The molecule has 0 bridgehead atoms. The maximum absolute atomic E-state index is 11.8. The molecule has 4 nitrogen and oxygen atoms in total. The second-order valence-corrected chi connectivity index (χ2v) is 7.45. The zero-order chi connectivity index (χ0) is 16.7. The molecule has 1 spiro atoms. The van der Waals surface area contributed by atoms with E-state index in [1.807, 2.05) is 6.07 Å². The fourth-order valence-electron chi connectivity index (χ4n) is 4.89. The molecule has 4 rings (SSSR count). The van der Waals surface area contributed by atoms with Gasteiger partial charge in [-0.05, 0) is 54.0 Å². The van der Waals surface area contributed by atoms with Gasteiger partial charge in [0.2, 0.25) is 5.91 Å². The summed E-state index contributed by atoms with van der Waals surface area (Å²) in [6.45, 7) is 1.90. The van der Waals surface area contributed by atoms with Crippen molar-refractivity contribution in [1.29, 1.82) is 0 Å². The first-order valence-corrected chi connectivity index (χ1v) is 8.92. The van der Waals surface area contributed by atoms with Gasteiger partial charge in [-0.2, -0.15) is 0 Å². The van der Waals surface area contributed by atoms with Gasteiger partial charge in [-0.15, -0.1) is 0 Å². The standard InChI is InChI=1S/C20H25N3O/c21-17-12-14-4-1-2-5-15(14)13-18(17)23-10-8-20(9-11-23)7-3-6-16(20)19(22)24/h1-2,4-5,12-13,16H,3,6-11,21H2,(H2,22,24). The summed E-state index contributed by atoms with van der Waals surface area (Å²) in [6.07, 6.45) is 5.31. The Morgan fingerprint density at radius 1 is 1.08 bits per heavy atom. The van der Waals surface area contributed by atoms with Crippen molar-refractivity contribution in [3.05, 3.63) is 36.4 Å². The molecule has 2 aliphatic rings. The minimum atomic E-state index is -0.105. The Morgan fingerprint density at radius 3 is 2.42 bits per heavy atom. The van der Waals surface area contributed by atoms with Crippen LogP contribution in [0.3, 0.4) is 0 Å². The summed E-state index contributed by atoms with van der Waals surface area (Å²) < 4.78 is 0. The molecular formula is C20H25N3O. The van der Waals surface area contributed by atoms with Crippen molar-refractivity contribution in [1.82, 2.24) is 0 Å². The minimum Gasteiger partial charge on any atom is -0.397 e. The Bertz CT molecular complexity index is 778. The van der Waals surface area contributed by atoms with Crippen LogP contribution in [0.4, 0.5) is 11.4 Å². The van der Waals surface area contributed by atoms with E-state index in [2.05, 4.69) is 35.2 Å². The van der Waals surface area contributed by atoms with Gasteiger partial charge in [-0.1, -0.05) is 30.7 Å². The second kappa shape index (κ2) is 5.69. The van der Waals surface area contributed by atoms with Crippen LogP contribution in [0.15, 0.2) is 36.4 Å². The van der Waals surface area contributed by atoms with E-state index < -0.39 is 0 Å². The number of carbonyl (C=O) groups is 1. The molecule has 1 heterocycles. The number of benzene rings is 2. The Kier molecular flexibility index (Phi) is 3.63. The third kappa shape index (κ3) is 2.41. The molecule has 4 N–H and O–H groups in total. The maximum Gasteiger partial charge on any atom is 0.221 e. The first-order chi connectivity index (χ1) is 11.6. The molecule has 126 valence electrons. The van der Waals surface area contributed by atoms with Gasteiger partial charge in [0.05, 0.1) is 11.4 Å². The lowest BCUT2D eigenvalue weighted by molar-refractivity contribution is -0.125. The number of nitrogen functional groups attached to an aromatic ring is 1. The monoisotopic (exact) mass is 323 g/mol. The third-order valence-corrected chi connectivity index (χ3v) is 6.25. The highest BCUT2D eigenvalue weighted by Gasteiger charge is 2.47. The van der Waals surface area contributed by atoms with E-state index in [0.717, 1.165) is 56.6 Å². The smallest absolute Gasteiger partial charge is 0.221 e. The van der Waals surface area contributed by atoms with Crippen molar-refractivity contribution in [2.24, 2.45) is 17.1 Å². The zero-order valence-corrected chi connectivity index (χ0v) is 14.0. The molecule has 2 aromatic carbocycles. The van der Waals surface area contributed by atoms with Gasteiger partial charge in [0, 0.05) is 19.0 Å². The van der Waals surface area contributed by atoms with Crippen molar-refractivity contribution >= 4 is 28.1 Å². The average Bonchev–Trinajstić information content (AvgIpc) is 2.99. The van der Waals surface area contributed by atoms with Crippen LogP contribution in [0.25, 0.3) is 10.8 Å². The van der Waals surface area contributed by atoms with Crippen LogP contribution in [0.5, 0.6) is 0 Å². The lowest BCUT2D eigenvalue weighted by Gasteiger charge is -2.43. The molecule has 0 radical (unpaired) electrons. The highest BCUT2D eigenvalue weighted by atomic mass is 16.1. The molecule has 1 aliphatic carbocycles. The summed E-state index contributed by atoms with van der Waals surface area (Å²) in [5.41, 5.74) is 14.1. The number of amides is 1. The SMILES string of the molecule is NC(=O)C1CCCC12CCN(c1cc3ccccc3cc1N)CC2. The summed E-state index contributed by atoms with van der Waals surface area (Å²) in [4.78, 5) is 14.2. The Morgan fingerprint density at radius 2 is 1.75 bits per heavy atom. The Hall–Kier alpha value is -2.23. The Labute approximate surface area is 142 Å². The van der Waals surface area contributed by atoms with Crippen molar-refractivity contribution in [2.75, 3.05) is 23.7 Å². The van der Waals surface area contributed by atoms with Gasteiger partial charge in [0.15, 0.2) is 0 Å². The molecule has 24 heavy (non-hydrogen) atoms. The summed E-state index contributed by atoms with van der Waals surface area (Å²) in [7, 11) is 0. The summed E-state index contributed by atoms with van der Waals surface area (Å²) >= 11 is 0. The molecule has 1 saturated carbocycles. The summed E-state index contributed by atoms with van der Waals surface area (Å²) in [6, 6.07) is 12.6. The summed E-state index contributed by atoms with van der Waals surface area (Å²) in [5, 5.41) is 2.40. The van der Waals surface area contributed by atoms with E-state index in [1.54, 1.807) is 0 Å². The van der Waals surface area contributed by atoms with E-state index in [1.165, 1.54) is 10.8 Å². The zero-order valence-electron chi connectivity index (χ0n) is 14.0. The molecule has 1 saturated heterocycles. The number of piperidine rings is 1. The number of hydrogen-bond donors (Lipinski definition) is 2. The van der Waals surface area contributed by atoms with E-state index in [0.29, 0.717) is 0 Å². The highest BCUT2D eigenvalue weighted by molar-refractivity contribution is 5.91. The normalized spacial score (nSPS) is 23.0. The van der Waals surface area contributed by atoms with Crippen LogP contribution >= 0.6 is 0 Å². The van der Waals surface area contributed by atoms with Gasteiger partial charge in [0.1, 0.15) is 0 Å². The predicted molar refractivity (Wildman–Crippen MR) is 98.8 cm³/mol. The molecule has 2 aromatic rings. The van der Waals surface area contributed by atoms with Gasteiger partial charge in [-0.3, -0.25) is 4.79 Å². The van der Waals surface area contributed by atoms with Gasteiger partial charge in [-0.25, -0.2) is 0 Å². The molecule has 0 aromatic heterocycles. The van der Waals surface area contributed by atoms with E-state index in [-0.39, 0.29) is 17.2 Å². The number of nitrogens with zero attached hydrogens (tertiary/aromatic N) is 1. The van der Waals surface area contributed by atoms with E-state index in [9.17, 15) is 4.79 Å².